The minimum absolute atomic E-state index is 0.195. The molecule has 2 aromatic carbocycles. The van der Waals surface area contributed by atoms with Crippen molar-refractivity contribution in [3.05, 3.63) is 88.8 Å². The fraction of sp³-hybridized carbons (Fsp3) is 0.370. The molecule has 0 fully saturated rings. The van der Waals surface area contributed by atoms with Gasteiger partial charge in [0.25, 0.3) is 0 Å². The van der Waals surface area contributed by atoms with E-state index < -0.39 is 0 Å². The molecule has 0 bridgehead atoms. The summed E-state index contributed by atoms with van der Waals surface area (Å²) in [6, 6.07) is 11.4. The highest BCUT2D eigenvalue weighted by atomic mass is 19.1. The Morgan fingerprint density at radius 2 is 1.77 bits per heavy atom. The van der Waals surface area contributed by atoms with Gasteiger partial charge in [-0.2, -0.15) is 0 Å². The molecule has 0 spiro atoms. The van der Waals surface area contributed by atoms with Crippen molar-refractivity contribution in [2.45, 2.75) is 37.6 Å². The van der Waals surface area contributed by atoms with Crippen LogP contribution in [0.3, 0.4) is 0 Å². The Morgan fingerprint density at radius 1 is 1.06 bits per heavy atom. The number of ether oxygens (including phenoxy) is 1. The number of nitrogens with zero attached hydrogens (tertiary/aromatic N) is 1. The highest BCUT2D eigenvalue weighted by Crippen LogP contribution is 2.58. The smallest absolute Gasteiger partial charge is 0.338 e. The van der Waals surface area contributed by atoms with Crippen LogP contribution in [0.4, 0.5) is 10.1 Å². The van der Waals surface area contributed by atoms with Crippen molar-refractivity contribution in [3.63, 3.8) is 0 Å². The standard InChI is InChI=1S/C27H26FNO2/c1-2-31-27(30)18-13-23-20-6-3-5-17(20)15-29-25(16-9-11-19(28)12-10-16)22-8-4-7-21(22)24(14-18)26(23)29/h3-4,6-7,9-14,17,20-22,25H,2,5,8,15H2,1H3. The van der Waals surface area contributed by atoms with Crippen molar-refractivity contribution in [1.29, 1.82) is 0 Å². The molecule has 5 unspecified atom stereocenters. The third-order valence-corrected chi connectivity index (χ3v) is 7.57. The molecular formula is C27H26FNO2. The number of allylic oxidation sites excluding steroid dienone is 4. The molecule has 0 aromatic heterocycles. The quantitative estimate of drug-likeness (QED) is 0.462. The maximum Gasteiger partial charge on any atom is 0.338 e. The first-order valence-electron chi connectivity index (χ1n) is 11.4. The number of fused-ring (bicyclic) bond motifs is 4. The molecule has 6 rings (SSSR count). The Bertz CT molecular complexity index is 1090. The van der Waals surface area contributed by atoms with Gasteiger partial charge in [0.15, 0.2) is 0 Å². The highest BCUT2D eigenvalue weighted by molar-refractivity contribution is 5.92. The monoisotopic (exact) mass is 415 g/mol. The molecule has 0 amide bonds. The van der Waals surface area contributed by atoms with Crippen LogP contribution < -0.4 is 4.90 Å². The maximum atomic E-state index is 13.7. The zero-order valence-corrected chi connectivity index (χ0v) is 17.6. The number of carbonyl (C=O) groups excluding carboxylic acids is 1. The summed E-state index contributed by atoms with van der Waals surface area (Å²) in [5.41, 5.74) is 5.61. The second-order valence-corrected chi connectivity index (χ2v) is 9.18. The van der Waals surface area contributed by atoms with Gasteiger partial charge in [0.2, 0.25) is 0 Å². The van der Waals surface area contributed by atoms with Gasteiger partial charge in [-0.1, -0.05) is 36.4 Å². The largest absolute Gasteiger partial charge is 0.462 e. The van der Waals surface area contributed by atoms with Crippen LogP contribution in [0.25, 0.3) is 0 Å². The molecule has 0 N–H and O–H groups in total. The Hall–Kier alpha value is -2.88. The second kappa shape index (κ2) is 7.08. The third kappa shape index (κ3) is 2.80. The summed E-state index contributed by atoms with van der Waals surface area (Å²) in [7, 11) is 0. The van der Waals surface area contributed by atoms with Gasteiger partial charge in [0, 0.05) is 24.1 Å². The molecule has 2 aliphatic heterocycles. The Balaban J connectivity index is 1.56. The molecule has 0 saturated carbocycles. The van der Waals surface area contributed by atoms with Gasteiger partial charge in [-0.25, -0.2) is 9.18 Å². The zero-order valence-electron chi connectivity index (χ0n) is 17.6. The first-order chi connectivity index (χ1) is 15.2. The second-order valence-electron chi connectivity index (χ2n) is 9.18. The predicted molar refractivity (Wildman–Crippen MR) is 119 cm³/mol. The summed E-state index contributed by atoms with van der Waals surface area (Å²) < 4.78 is 19.1. The number of anilines is 1. The maximum absolute atomic E-state index is 13.7. The molecule has 0 radical (unpaired) electrons. The molecule has 158 valence electrons. The van der Waals surface area contributed by atoms with E-state index in [0.717, 1.165) is 19.4 Å². The third-order valence-electron chi connectivity index (χ3n) is 7.57. The molecule has 4 aliphatic rings. The summed E-state index contributed by atoms with van der Waals surface area (Å²) >= 11 is 0. The van der Waals surface area contributed by atoms with Crippen molar-refractivity contribution in [1.82, 2.24) is 0 Å². The van der Waals surface area contributed by atoms with Gasteiger partial charge in [-0.05, 0) is 72.6 Å². The number of halogens is 1. The summed E-state index contributed by atoms with van der Waals surface area (Å²) in [6.07, 6.45) is 11.2. The molecular weight excluding hydrogens is 389 g/mol. The van der Waals surface area contributed by atoms with E-state index in [2.05, 4.69) is 41.3 Å². The van der Waals surface area contributed by atoms with Gasteiger partial charge in [0.1, 0.15) is 5.82 Å². The van der Waals surface area contributed by atoms with Crippen molar-refractivity contribution in [2.24, 2.45) is 11.8 Å². The Kier molecular flexibility index (Phi) is 4.31. The van der Waals surface area contributed by atoms with E-state index in [1.54, 1.807) is 12.1 Å². The number of esters is 1. The van der Waals surface area contributed by atoms with E-state index in [0.29, 0.717) is 29.9 Å². The zero-order chi connectivity index (χ0) is 21.1. The van der Waals surface area contributed by atoms with Gasteiger partial charge in [-0.3, -0.25) is 0 Å². The Morgan fingerprint density at radius 3 is 2.55 bits per heavy atom. The molecule has 5 atom stereocenters. The SMILES string of the molecule is CCOC(=O)c1cc2c3c(c1)C1C=CCC1C(c1ccc(F)cc1)N3CC1CC=CC21. The lowest BCUT2D eigenvalue weighted by molar-refractivity contribution is 0.0526. The van der Waals surface area contributed by atoms with Crippen LogP contribution in [-0.2, 0) is 4.74 Å². The topological polar surface area (TPSA) is 29.5 Å². The fourth-order valence-corrected chi connectivity index (χ4v) is 6.35. The van der Waals surface area contributed by atoms with Crippen molar-refractivity contribution in [3.8, 4) is 0 Å². The minimum atomic E-state index is -0.239. The number of rotatable bonds is 3. The van der Waals surface area contributed by atoms with E-state index in [4.69, 9.17) is 4.74 Å². The van der Waals surface area contributed by atoms with Crippen molar-refractivity contribution < 1.29 is 13.9 Å². The van der Waals surface area contributed by atoms with Crippen LogP contribution in [-0.4, -0.2) is 19.1 Å². The Labute approximate surface area is 182 Å². The van der Waals surface area contributed by atoms with Gasteiger partial charge in [-0.15, -0.1) is 0 Å². The summed E-state index contributed by atoms with van der Waals surface area (Å²) in [5, 5.41) is 0. The van der Waals surface area contributed by atoms with Gasteiger partial charge in [0.05, 0.1) is 18.2 Å². The molecule has 2 aromatic rings. The van der Waals surface area contributed by atoms with E-state index in [1.807, 2.05) is 19.1 Å². The normalized spacial score (nSPS) is 29.5. The number of hydrogen-bond acceptors (Lipinski definition) is 3. The lowest BCUT2D eigenvalue weighted by Crippen LogP contribution is -2.46. The van der Waals surface area contributed by atoms with Crippen LogP contribution in [0.5, 0.6) is 0 Å². The summed E-state index contributed by atoms with van der Waals surface area (Å²) in [4.78, 5) is 15.3. The van der Waals surface area contributed by atoms with Gasteiger partial charge < -0.3 is 9.64 Å². The van der Waals surface area contributed by atoms with E-state index in [1.165, 1.54) is 22.4 Å². The predicted octanol–water partition coefficient (Wildman–Crippen LogP) is 5.90. The van der Waals surface area contributed by atoms with Crippen LogP contribution in [0.15, 0.2) is 60.7 Å². The first kappa shape index (κ1) is 18.9. The average Bonchev–Trinajstić information content (AvgIpc) is 3.44. The minimum Gasteiger partial charge on any atom is -0.462 e. The van der Waals surface area contributed by atoms with Crippen LogP contribution >= 0.6 is 0 Å². The van der Waals surface area contributed by atoms with Crippen molar-refractivity contribution in [2.75, 3.05) is 18.1 Å². The van der Waals surface area contributed by atoms with E-state index in [9.17, 15) is 9.18 Å². The summed E-state index contributed by atoms with van der Waals surface area (Å²) in [6.45, 7) is 3.21. The molecule has 3 nitrogen and oxygen atoms in total. The number of carbonyl (C=O) groups is 1. The lowest BCUT2D eigenvalue weighted by atomic mass is 9.70. The number of hydrogen-bond donors (Lipinski definition) is 0. The molecule has 0 saturated heterocycles. The van der Waals surface area contributed by atoms with E-state index >= 15 is 0 Å². The lowest BCUT2D eigenvalue weighted by Gasteiger charge is -2.51. The molecule has 2 aliphatic carbocycles. The molecule has 31 heavy (non-hydrogen) atoms. The van der Waals surface area contributed by atoms with E-state index in [-0.39, 0.29) is 23.7 Å². The van der Waals surface area contributed by atoms with Crippen LogP contribution in [0, 0.1) is 17.7 Å². The number of benzene rings is 2. The fourth-order valence-electron chi connectivity index (χ4n) is 6.35. The van der Waals surface area contributed by atoms with Crippen LogP contribution in [0.2, 0.25) is 0 Å². The molecule has 4 heteroatoms. The first-order valence-corrected chi connectivity index (χ1v) is 11.4. The summed E-state index contributed by atoms with van der Waals surface area (Å²) in [5.74, 6) is 1.06. The molecule has 2 heterocycles. The van der Waals surface area contributed by atoms with Gasteiger partial charge >= 0.3 is 5.97 Å². The highest BCUT2D eigenvalue weighted by Gasteiger charge is 2.48. The van der Waals surface area contributed by atoms with Crippen LogP contribution in [0.1, 0.15) is 64.7 Å². The average molecular weight is 416 g/mol. The van der Waals surface area contributed by atoms with Crippen molar-refractivity contribution >= 4 is 11.7 Å².